The van der Waals surface area contributed by atoms with Gasteiger partial charge in [0, 0.05) is 23.5 Å². The lowest BCUT2D eigenvalue weighted by atomic mass is 10.1. The van der Waals surface area contributed by atoms with Crippen molar-refractivity contribution in [1.82, 2.24) is 0 Å². The molecule has 342 valence electrons. The highest BCUT2D eigenvalue weighted by molar-refractivity contribution is 6.37. The number of anilines is 4. The SMILES string of the molecule is COc1cc(NC(=O)C(N=Nc2cccc(C(=O)Nc3cccc(C(C)Cl)c3)c2Cl)C(C)=O)c(OC)cc1NC(=O)C(N=Nc1cccc(C(=O)Nc2cccc(C(C)Cl)c2)c1Cl)C(C)=O. The van der Waals surface area contributed by atoms with Crippen LogP contribution in [-0.4, -0.2) is 61.5 Å². The minimum absolute atomic E-state index is 0.00161. The number of benzene rings is 5. The van der Waals surface area contributed by atoms with Crippen LogP contribution in [0.4, 0.5) is 34.1 Å². The zero-order chi connectivity index (χ0) is 48.2. The number of nitrogens with zero attached hydrogens (tertiary/aromatic N) is 4. The van der Waals surface area contributed by atoms with E-state index in [2.05, 4.69) is 41.7 Å². The van der Waals surface area contributed by atoms with Crippen LogP contribution in [0.2, 0.25) is 10.0 Å². The van der Waals surface area contributed by atoms with Gasteiger partial charge in [-0.25, -0.2) is 0 Å². The molecule has 0 saturated carbocycles. The molecular formula is C46H42Cl4N8O8. The van der Waals surface area contributed by atoms with Crippen LogP contribution in [0, 0.1) is 0 Å². The van der Waals surface area contributed by atoms with Crippen molar-refractivity contribution in [1.29, 1.82) is 0 Å². The monoisotopic (exact) mass is 974 g/mol. The Labute approximate surface area is 399 Å². The van der Waals surface area contributed by atoms with Crippen molar-refractivity contribution in [3.05, 3.63) is 129 Å². The van der Waals surface area contributed by atoms with Crippen molar-refractivity contribution in [2.75, 3.05) is 35.5 Å². The van der Waals surface area contributed by atoms with Gasteiger partial charge in [-0.1, -0.05) is 59.6 Å². The summed E-state index contributed by atoms with van der Waals surface area (Å²) < 4.78 is 11.0. The summed E-state index contributed by atoms with van der Waals surface area (Å²) in [5, 5.41) is 25.9. The van der Waals surface area contributed by atoms with Gasteiger partial charge in [-0.15, -0.1) is 23.2 Å². The molecule has 4 atom stereocenters. The zero-order valence-corrected chi connectivity index (χ0v) is 39.1. The molecule has 4 N–H and O–H groups in total. The summed E-state index contributed by atoms with van der Waals surface area (Å²) in [6, 6.07) is 22.1. The van der Waals surface area contributed by atoms with Crippen LogP contribution in [0.3, 0.4) is 0 Å². The van der Waals surface area contributed by atoms with Gasteiger partial charge in [-0.3, -0.25) is 28.8 Å². The van der Waals surface area contributed by atoms with Gasteiger partial charge in [-0.05, 0) is 87.4 Å². The van der Waals surface area contributed by atoms with E-state index < -0.39 is 47.3 Å². The van der Waals surface area contributed by atoms with E-state index in [9.17, 15) is 28.8 Å². The zero-order valence-electron chi connectivity index (χ0n) is 36.1. The molecule has 0 bridgehead atoms. The number of amides is 4. The van der Waals surface area contributed by atoms with E-state index in [0.29, 0.717) is 11.4 Å². The molecule has 5 aromatic rings. The van der Waals surface area contributed by atoms with E-state index in [4.69, 9.17) is 55.9 Å². The topological polar surface area (TPSA) is 218 Å². The first-order chi connectivity index (χ1) is 31.4. The van der Waals surface area contributed by atoms with E-state index >= 15 is 0 Å². The van der Waals surface area contributed by atoms with Gasteiger partial charge in [0.1, 0.15) is 22.9 Å². The average molecular weight is 977 g/mol. The summed E-state index contributed by atoms with van der Waals surface area (Å²) in [4.78, 5) is 78.8. The predicted octanol–water partition coefficient (Wildman–Crippen LogP) is 11.5. The highest BCUT2D eigenvalue weighted by Crippen LogP contribution is 2.38. The molecule has 4 unspecified atom stereocenters. The van der Waals surface area contributed by atoms with Crippen molar-refractivity contribution < 1.29 is 38.2 Å². The molecule has 4 amide bonds. The Balaban J connectivity index is 1.30. The second-order valence-corrected chi connectivity index (χ2v) is 16.4. The van der Waals surface area contributed by atoms with E-state index in [1.54, 1.807) is 50.2 Å². The Bertz CT molecular complexity index is 2560. The van der Waals surface area contributed by atoms with Gasteiger partial charge in [0.15, 0.2) is 11.6 Å². The summed E-state index contributed by atoms with van der Waals surface area (Å²) in [6.45, 7) is 5.87. The Morgan fingerprint density at radius 1 is 0.530 bits per heavy atom. The fraction of sp³-hybridized carbons (Fsp3) is 0.217. The van der Waals surface area contributed by atoms with Crippen LogP contribution in [0.15, 0.2) is 118 Å². The first-order valence-electron chi connectivity index (χ1n) is 19.8. The second-order valence-electron chi connectivity index (χ2n) is 14.4. The quantitative estimate of drug-likeness (QED) is 0.0375. The molecule has 0 aromatic heterocycles. The number of carbonyl (C=O) groups excluding carboxylic acids is 6. The maximum Gasteiger partial charge on any atom is 0.258 e. The molecule has 20 heteroatoms. The van der Waals surface area contributed by atoms with Crippen molar-refractivity contribution >= 4 is 116 Å². The number of ketones is 2. The minimum Gasteiger partial charge on any atom is -0.494 e. The Morgan fingerprint density at radius 3 is 1.23 bits per heavy atom. The van der Waals surface area contributed by atoms with Crippen molar-refractivity contribution in [3.63, 3.8) is 0 Å². The number of azo groups is 2. The van der Waals surface area contributed by atoms with Crippen LogP contribution >= 0.6 is 46.4 Å². The van der Waals surface area contributed by atoms with E-state index in [-0.39, 0.29) is 66.2 Å². The lowest BCUT2D eigenvalue weighted by molar-refractivity contribution is -0.127. The predicted molar refractivity (Wildman–Crippen MR) is 255 cm³/mol. The highest BCUT2D eigenvalue weighted by atomic mass is 35.5. The van der Waals surface area contributed by atoms with Crippen LogP contribution in [0.5, 0.6) is 11.5 Å². The standard InChI is InChI=1S/C46H42Cl4N8O8/c1-23(47)27-11-7-13-29(19-27)51-43(61)31-15-9-17-33(39(31)49)55-57-41(25(3)59)45(63)53-35-21-38(66-6)36(22-37(35)65-5)54-46(64)42(26(4)60)58-56-34-18-10-16-32(40(34)50)44(62)52-30-14-8-12-28(20-30)24(2)48/h7-24,41-42H,1-6H3,(H,51,61)(H,52,62)(H,53,63)(H,54,64). The van der Waals surface area contributed by atoms with Gasteiger partial charge in [0.25, 0.3) is 23.6 Å². The smallest absolute Gasteiger partial charge is 0.258 e. The summed E-state index contributed by atoms with van der Waals surface area (Å²) >= 11 is 25.5. The van der Waals surface area contributed by atoms with Gasteiger partial charge < -0.3 is 30.7 Å². The second kappa shape index (κ2) is 22.9. The number of hydrogen-bond acceptors (Lipinski definition) is 12. The van der Waals surface area contributed by atoms with Gasteiger partial charge >= 0.3 is 0 Å². The number of nitrogens with one attached hydrogen (secondary N) is 4. The number of methoxy groups -OCH3 is 2. The van der Waals surface area contributed by atoms with Crippen molar-refractivity contribution in [3.8, 4) is 11.5 Å². The van der Waals surface area contributed by atoms with Gasteiger partial charge in [-0.2, -0.15) is 20.5 Å². The van der Waals surface area contributed by atoms with E-state index in [1.807, 2.05) is 12.1 Å². The number of rotatable bonds is 18. The van der Waals surface area contributed by atoms with Gasteiger partial charge in [0.2, 0.25) is 12.1 Å². The van der Waals surface area contributed by atoms with Crippen LogP contribution in [-0.2, 0) is 19.2 Å². The number of Topliss-reactive ketones (excluding diaryl/α,β-unsaturated/α-hetero) is 2. The molecule has 0 radical (unpaired) electrons. The normalized spacial score (nSPS) is 13.0. The molecule has 0 saturated heterocycles. The fourth-order valence-electron chi connectivity index (χ4n) is 6.04. The highest BCUT2D eigenvalue weighted by Gasteiger charge is 2.28. The lowest BCUT2D eigenvalue weighted by Crippen LogP contribution is -2.32. The summed E-state index contributed by atoms with van der Waals surface area (Å²) in [5.41, 5.74) is 2.70. The first kappa shape index (κ1) is 50.3. The molecule has 5 aromatic carbocycles. The van der Waals surface area contributed by atoms with E-state index in [0.717, 1.165) is 25.0 Å². The molecule has 66 heavy (non-hydrogen) atoms. The number of ether oxygens (including phenoxy) is 2. The fourth-order valence-corrected chi connectivity index (χ4v) is 6.81. The Morgan fingerprint density at radius 2 is 0.894 bits per heavy atom. The molecular weight excluding hydrogens is 934 g/mol. The molecule has 0 heterocycles. The summed E-state index contributed by atoms with van der Waals surface area (Å²) in [6.07, 6.45) is 0. The third kappa shape index (κ3) is 12.8. The van der Waals surface area contributed by atoms with Gasteiger partial charge in [0.05, 0.1) is 57.5 Å². The molecule has 5 rings (SSSR count). The van der Waals surface area contributed by atoms with Crippen LogP contribution < -0.4 is 30.7 Å². The van der Waals surface area contributed by atoms with Crippen LogP contribution in [0.25, 0.3) is 0 Å². The number of halogens is 4. The van der Waals surface area contributed by atoms with Crippen molar-refractivity contribution in [2.24, 2.45) is 20.5 Å². The third-order valence-corrected chi connectivity index (χ3v) is 10.8. The molecule has 16 nitrogen and oxygen atoms in total. The number of carbonyl (C=O) groups is 6. The maximum atomic E-state index is 13.5. The molecule has 0 aliphatic rings. The van der Waals surface area contributed by atoms with Crippen LogP contribution in [0.1, 0.15) is 70.3 Å². The Hall–Kier alpha value is -6.72. The minimum atomic E-state index is -1.68. The largest absolute Gasteiger partial charge is 0.494 e. The van der Waals surface area contributed by atoms with E-state index in [1.165, 1.54) is 62.8 Å². The molecule has 0 aliphatic heterocycles. The Kier molecular flexibility index (Phi) is 17.5. The first-order valence-corrected chi connectivity index (χ1v) is 21.4. The molecule has 0 fully saturated rings. The maximum absolute atomic E-state index is 13.5. The summed E-state index contributed by atoms with van der Waals surface area (Å²) in [5.74, 6) is -4.32. The molecule has 0 aliphatic carbocycles. The summed E-state index contributed by atoms with van der Waals surface area (Å²) in [7, 11) is 2.57. The third-order valence-electron chi connectivity index (χ3n) is 9.52. The van der Waals surface area contributed by atoms with Crippen molar-refractivity contribution in [2.45, 2.75) is 50.5 Å². The number of hydrogen-bond donors (Lipinski definition) is 4. The lowest BCUT2D eigenvalue weighted by Gasteiger charge is -2.18. The molecule has 0 spiro atoms. The number of alkyl halides is 2. The average Bonchev–Trinajstić information content (AvgIpc) is 3.27.